The molecule has 1 aromatic heterocycles. The maximum Gasteiger partial charge on any atom is 0.220 e. The molecule has 0 saturated heterocycles. The number of nitrogens with zero attached hydrogens (tertiary/aromatic N) is 2. The Morgan fingerprint density at radius 2 is 2.40 bits per heavy atom. The van der Waals surface area contributed by atoms with Crippen molar-refractivity contribution >= 4 is 11.7 Å². The van der Waals surface area contributed by atoms with Gasteiger partial charge in [0.15, 0.2) is 0 Å². The SMILES string of the molecule is CNC(CCc1ccnc(N)n1)C(C)=O. The van der Waals surface area contributed by atoms with E-state index in [0.29, 0.717) is 0 Å². The summed E-state index contributed by atoms with van der Waals surface area (Å²) in [6.07, 6.45) is 3.07. The highest BCUT2D eigenvalue weighted by molar-refractivity contribution is 5.81. The average molecular weight is 208 g/mol. The summed E-state index contributed by atoms with van der Waals surface area (Å²) in [4.78, 5) is 19.0. The summed E-state index contributed by atoms with van der Waals surface area (Å²) in [6, 6.07) is 1.70. The van der Waals surface area contributed by atoms with E-state index in [9.17, 15) is 4.79 Å². The molecule has 0 aliphatic carbocycles. The molecule has 5 nitrogen and oxygen atoms in total. The molecular formula is C10H16N4O. The number of aryl methyl sites for hydroxylation is 1. The number of ketones is 1. The number of carbonyl (C=O) groups is 1. The number of Topliss-reactive ketones (excluding diaryl/α,β-unsaturated/α-hetero) is 1. The van der Waals surface area contributed by atoms with Gasteiger partial charge < -0.3 is 11.1 Å². The van der Waals surface area contributed by atoms with Crippen LogP contribution in [0.4, 0.5) is 5.95 Å². The Morgan fingerprint density at radius 1 is 1.67 bits per heavy atom. The second-order valence-electron chi connectivity index (χ2n) is 3.40. The van der Waals surface area contributed by atoms with E-state index in [-0.39, 0.29) is 17.8 Å². The topological polar surface area (TPSA) is 80.9 Å². The molecule has 3 N–H and O–H groups in total. The van der Waals surface area contributed by atoms with Crippen molar-refractivity contribution in [2.45, 2.75) is 25.8 Å². The molecule has 1 rings (SSSR count). The summed E-state index contributed by atoms with van der Waals surface area (Å²) >= 11 is 0. The first-order chi connectivity index (χ1) is 7.13. The summed E-state index contributed by atoms with van der Waals surface area (Å²) in [5.41, 5.74) is 6.32. The van der Waals surface area contributed by atoms with Crippen LogP contribution in [-0.2, 0) is 11.2 Å². The summed E-state index contributed by atoms with van der Waals surface area (Å²) in [5, 5.41) is 2.96. The molecule has 0 aliphatic heterocycles. The van der Waals surface area contributed by atoms with Crippen molar-refractivity contribution in [3.63, 3.8) is 0 Å². The molecule has 0 bridgehead atoms. The molecule has 1 atom stereocenters. The molecule has 0 aliphatic rings. The molecular weight excluding hydrogens is 192 g/mol. The molecule has 0 spiro atoms. The Kier molecular flexibility index (Phi) is 4.17. The predicted molar refractivity (Wildman–Crippen MR) is 58.3 cm³/mol. The Balaban J connectivity index is 2.52. The quantitative estimate of drug-likeness (QED) is 0.721. The number of anilines is 1. The van der Waals surface area contributed by atoms with Crippen LogP contribution in [0.5, 0.6) is 0 Å². The zero-order valence-electron chi connectivity index (χ0n) is 9.03. The lowest BCUT2D eigenvalue weighted by atomic mass is 10.1. The van der Waals surface area contributed by atoms with Gasteiger partial charge >= 0.3 is 0 Å². The van der Waals surface area contributed by atoms with Gasteiger partial charge in [0.25, 0.3) is 0 Å². The second-order valence-corrected chi connectivity index (χ2v) is 3.40. The Hall–Kier alpha value is -1.49. The standard InChI is InChI=1S/C10H16N4O/c1-7(15)9(12-2)4-3-8-5-6-13-10(11)14-8/h5-6,9,12H,3-4H2,1-2H3,(H2,11,13,14). The fourth-order valence-corrected chi connectivity index (χ4v) is 1.40. The fourth-order valence-electron chi connectivity index (χ4n) is 1.40. The van der Waals surface area contributed by atoms with Crippen molar-refractivity contribution in [3.8, 4) is 0 Å². The number of hydrogen-bond acceptors (Lipinski definition) is 5. The number of likely N-dealkylation sites (N-methyl/N-ethyl adjacent to an activating group) is 1. The van der Waals surface area contributed by atoms with E-state index in [1.165, 1.54) is 0 Å². The summed E-state index contributed by atoms with van der Waals surface area (Å²) in [6.45, 7) is 1.58. The zero-order chi connectivity index (χ0) is 11.3. The third-order valence-corrected chi connectivity index (χ3v) is 2.26. The lowest BCUT2D eigenvalue weighted by Gasteiger charge is -2.11. The van der Waals surface area contributed by atoms with Crippen molar-refractivity contribution in [1.82, 2.24) is 15.3 Å². The first-order valence-corrected chi connectivity index (χ1v) is 4.88. The minimum Gasteiger partial charge on any atom is -0.368 e. The van der Waals surface area contributed by atoms with Crippen LogP contribution < -0.4 is 11.1 Å². The van der Waals surface area contributed by atoms with Gasteiger partial charge in [-0.3, -0.25) is 4.79 Å². The lowest BCUT2D eigenvalue weighted by Crippen LogP contribution is -2.32. The molecule has 0 aromatic carbocycles. The average Bonchev–Trinajstić information content (AvgIpc) is 2.18. The van der Waals surface area contributed by atoms with Gasteiger partial charge in [-0.2, -0.15) is 0 Å². The van der Waals surface area contributed by atoms with E-state index in [2.05, 4.69) is 15.3 Å². The monoisotopic (exact) mass is 208 g/mol. The predicted octanol–water partition coefficient (Wildman–Crippen LogP) is 0.168. The molecule has 0 amide bonds. The maximum atomic E-state index is 11.1. The third-order valence-electron chi connectivity index (χ3n) is 2.26. The van der Waals surface area contributed by atoms with Gasteiger partial charge in [-0.25, -0.2) is 9.97 Å². The number of nitrogens with one attached hydrogen (secondary N) is 1. The highest BCUT2D eigenvalue weighted by Crippen LogP contribution is 2.03. The van der Waals surface area contributed by atoms with Crippen molar-refractivity contribution in [1.29, 1.82) is 0 Å². The maximum absolute atomic E-state index is 11.1. The molecule has 1 aromatic rings. The van der Waals surface area contributed by atoms with Crippen LogP contribution in [0.1, 0.15) is 19.0 Å². The van der Waals surface area contributed by atoms with Crippen molar-refractivity contribution in [2.24, 2.45) is 0 Å². The van der Waals surface area contributed by atoms with Gasteiger partial charge in [-0.05, 0) is 32.9 Å². The Labute approximate surface area is 89.1 Å². The fraction of sp³-hybridized carbons (Fsp3) is 0.500. The van der Waals surface area contributed by atoms with Gasteiger partial charge in [0, 0.05) is 11.9 Å². The van der Waals surface area contributed by atoms with Crippen molar-refractivity contribution in [3.05, 3.63) is 18.0 Å². The van der Waals surface area contributed by atoms with Gasteiger partial charge in [-0.1, -0.05) is 0 Å². The normalized spacial score (nSPS) is 12.4. The minimum atomic E-state index is -0.110. The number of hydrogen-bond donors (Lipinski definition) is 2. The first kappa shape index (κ1) is 11.6. The Morgan fingerprint density at radius 3 is 2.93 bits per heavy atom. The molecule has 15 heavy (non-hydrogen) atoms. The number of nitrogens with two attached hydrogens (primary N) is 1. The molecule has 0 radical (unpaired) electrons. The third kappa shape index (κ3) is 3.63. The van der Waals surface area contributed by atoms with E-state index in [1.807, 2.05) is 6.07 Å². The van der Waals surface area contributed by atoms with Gasteiger partial charge in [0.1, 0.15) is 5.78 Å². The van der Waals surface area contributed by atoms with Crippen LogP contribution in [-0.4, -0.2) is 28.8 Å². The second kappa shape index (κ2) is 5.41. The van der Waals surface area contributed by atoms with Gasteiger partial charge in [-0.15, -0.1) is 0 Å². The molecule has 0 saturated carbocycles. The zero-order valence-corrected chi connectivity index (χ0v) is 9.03. The summed E-state index contributed by atoms with van der Waals surface area (Å²) < 4.78 is 0. The van der Waals surface area contributed by atoms with E-state index < -0.39 is 0 Å². The van der Waals surface area contributed by atoms with Crippen LogP contribution in [0, 0.1) is 0 Å². The van der Waals surface area contributed by atoms with Crippen LogP contribution in [0.25, 0.3) is 0 Å². The molecule has 1 unspecified atom stereocenters. The number of rotatable bonds is 5. The molecule has 5 heteroatoms. The van der Waals surface area contributed by atoms with Crippen molar-refractivity contribution in [2.75, 3.05) is 12.8 Å². The number of aromatic nitrogens is 2. The molecule has 0 fully saturated rings. The van der Waals surface area contributed by atoms with Gasteiger partial charge in [0.2, 0.25) is 5.95 Å². The molecule has 82 valence electrons. The highest BCUT2D eigenvalue weighted by atomic mass is 16.1. The van der Waals surface area contributed by atoms with Crippen LogP contribution in [0.2, 0.25) is 0 Å². The van der Waals surface area contributed by atoms with E-state index in [0.717, 1.165) is 18.5 Å². The van der Waals surface area contributed by atoms with Crippen LogP contribution >= 0.6 is 0 Å². The highest BCUT2D eigenvalue weighted by Gasteiger charge is 2.11. The van der Waals surface area contributed by atoms with E-state index >= 15 is 0 Å². The number of carbonyl (C=O) groups excluding carboxylic acids is 1. The largest absolute Gasteiger partial charge is 0.368 e. The Bertz CT molecular complexity index is 340. The van der Waals surface area contributed by atoms with E-state index in [4.69, 9.17) is 5.73 Å². The lowest BCUT2D eigenvalue weighted by molar-refractivity contribution is -0.119. The first-order valence-electron chi connectivity index (χ1n) is 4.88. The minimum absolute atomic E-state index is 0.110. The van der Waals surface area contributed by atoms with Crippen LogP contribution in [0.3, 0.4) is 0 Å². The van der Waals surface area contributed by atoms with Gasteiger partial charge in [0.05, 0.1) is 6.04 Å². The number of nitrogen functional groups attached to an aromatic ring is 1. The van der Waals surface area contributed by atoms with E-state index in [1.54, 1.807) is 20.2 Å². The summed E-state index contributed by atoms with van der Waals surface area (Å²) in [7, 11) is 1.78. The van der Waals surface area contributed by atoms with Crippen LogP contribution in [0.15, 0.2) is 12.3 Å². The smallest absolute Gasteiger partial charge is 0.220 e. The molecule has 1 heterocycles. The van der Waals surface area contributed by atoms with Crippen molar-refractivity contribution < 1.29 is 4.79 Å². The summed E-state index contributed by atoms with van der Waals surface area (Å²) in [5.74, 6) is 0.413.